The molecule has 0 fully saturated rings. The predicted molar refractivity (Wildman–Crippen MR) is 75.7 cm³/mol. The third-order valence-electron chi connectivity index (χ3n) is 3.05. The van der Waals surface area contributed by atoms with Crippen LogP contribution in [-0.4, -0.2) is 9.97 Å². The largest absolute Gasteiger partial charge is 0.345 e. The average molecular weight is 266 g/mol. The molecule has 0 amide bonds. The van der Waals surface area contributed by atoms with E-state index in [1.54, 1.807) is 12.1 Å². The molecule has 1 aromatic heterocycles. The first-order chi connectivity index (χ1) is 9.74. The molecule has 0 spiro atoms. The van der Waals surface area contributed by atoms with Crippen molar-refractivity contribution in [2.45, 2.75) is 0 Å². The van der Waals surface area contributed by atoms with E-state index in [2.05, 4.69) is 9.97 Å². The fraction of sp³-hybridized carbons (Fsp3) is 0. The standard InChI is InChI=1S/C16H11FN2O/c17-14-10-18-16(20)19-15(14)13-8-6-12(7-9-13)11-4-2-1-3-5-11/h1-10H,(H,18,19,20). The van der Waals surface area contributed by atoms with Gasteiger partial charge in [-0.3, -0.25) is 0 Å². The van der Waals surface area contributed by atoms with E-state index in [9.17, 15) is 9.18 Å². The zero-order valence-electron chi connectivity index (χ0n) is 10.5. The SMILES string of the molecule is O=c1ncc(F)c(-c2ccc(-c3ccccc3)cc2)[nH]1. The number of H-pyrrole nitrogens is 1. The summed E-state index contributed by atoms with van der Waals surface area (Å²) in [6.45, 7) is 0. The van der Waals surface area contributed by atoms with E-state index >= 15 is 0 Å². The summed E-state index contributed by atoms with van der Waals surface area (Å²) < 4.78 is 13.6. The van der Waals surface area contributed by atoms with Gasteiger partial charge in [0.05, 0.1) is 11.9 Å². The molecule has 0 saturated heterocycles. The molecule has 0 aliphatic heterocycles. The van der Waals surface area contributed by atoms with Crippen molar-refractivity contribution in [2.24, 2.45) is 0 Å². The maximum Gasteiger partial charge on any atom is 0.345 e. The third-order valence-corrected chi connectivity index (χ3v) is 3.05. The topological polar surface area (TPSA) is 45.8 Å². The first kappa shape index (κ1) is 12.3. The Hall–Kier alpha value is -2.75. The average Bonchev–Trinajstić information content (AvgIpc) is 2.51. The van der Waals surface area contributed by atoms with Crippen LogP contribution in [0.3, 0.4) is 0 Å². The number of rotatable bonds is 2. The number of aromatic nitrogens is 2. The normalized spacial score (nSPS) is 10.4. The molecule has 1 N–H and O–H groups in total. The van der Waals surface area contributed by atoms with Crippen LogP contribution in [0.25, 0.3) is 22.4 Å². The van der Waals surface area contributed by atoms with Crippen LogP contribution >= 0.6 is 0 Å². The number of nitrogens with one attached hydrogen (secondary N) is 1. The molecule has 2 aromatic carbocycles. The van der Waals surface area contributed by atoms with Crippen molar-refractivity contribution in [3.63, 3.8) is 0 Å². The van der Waals surface area contributed by atoms with Gasteiger partial charge in [0, 0.05) is 5.56 Å². The molecule has 20 heavy (non-hydrogen) atoms. The molecule has 0 aliphatic rings. The molecule has 0 aliphatic carbocycles. The Balaban J connectivity index is 2.02. The molecular weight excluding hydrogens is 255 g/mol. The molecule has 0 radical (unpaired) electrons. The van der Waals surface area contributed by atoms with Gasteiger partial charge in [0.1, 0.15) is 0 Å². The Morgan fingerprint density at radius 1 is 0.850 bits per heavy atom. The number of benzene rings is 2. The first-order valence-electron chi connectivity index (χ1n) is 6.15. The van der Waals surface area contributed by atoms with Crippen LogP contribution in [0.4, 0.5) is 4.39 Å². The summed E-state index contributed by atoms with van der Waals surface area (Å²) >= 11 is 0. The molecule has 1 heterocycles. The highest BCUT2D eigenvalue weighted by atomic mass is 19.1. The quantitative estimate of drug-likeness (QED) is 0.774. The highest BCUT2D eigenvalue weighted by Crippen LogP contribution is 2.24. The number of hydrogen-bond acceptors (Lipinski definition) is 2. The highest BCUT2D eigenvalue weighted by molar-refractivity contribution is 5.68. The molecule has 3 nitrogen and oxygen atoms in total. The van der Waals surface area contributed by atoms with Crippen molar-refractivity contribution in [1.82, 2.24) is 9.97 Å². The molecular formula is C16H11FN2O. The van der Waals surface area contributed by atoms with Crippen LogP contribution in [0, 0.1) is 5.82 Å². The van der Waals surface area contributed by atoms with E-state index in [0.717, 1.165) is 17.3 Å². The Bertz CT molecular complexity index is 780. The van der Waals surface area contributed by atoms with E-state index in [-0.39, 0.29) is 5.69 Å². The Kier molecular flexibility index (Phi) is 3.13. The van der Waals surface area contributed by atoms with Gasteiger partial charge >= 0.3 is 5.69 Å². The van der Waals surface area contributed by atoms with E-state index in [4.69, 9.17) is 0 Å². The van der Waals surface area contributed by atoms with Crippen LogP contribution in [-0.2, 0) is 0 Å². The zero-order valence-corrected chi connectivity index (χ0v) is 10.5. The lowest BCUT2D eigenvalue weighted by atomic mass is 10.0. The van der Waals surface area contributed by atoms with Crippen molar-refractivity contribution in [3.05, 3.63) is 77.1 Å². The molecule has 0 saturated carbocycles. The summed E-state index contributed by atoms with van der Waals surface area (Å²) in [6.07, 6.45) is 0.930. The fourth-order valence-corrected chi connectivity index (χ4v) is 2.05. The summed E-state index contributed by atoms with van der Waals surface area (Å²) in [4.78, 5) is 16.9. The summed E-state index contributed by atoms with van der Waals surface area (Å²) in [5, 5.41) is 0. The van der Waals surface area contributed by atoms with E-state index in [1.165, 1.54) is 0 Å². The minimum atomic E-state index is -0.562. The molecule has 4 heteroatoms. The highest BCUT2D eigenvalue weighted by Gasteiger charge is 2.07. The monoisotopic (exact) mass is 266 g/mol. The smallest absolute Gasteiger partial charge is 0.303 e. The van der Waals surface area contributed by atoms with Gasteiger partial charge in [-0.15, -0.1) is 0 Å². The van der Waals surface area contributed by atoms with Crippen molar-refractivity contribution in [3.8, 4) is 22.4 Å². The zero-order chi connectivity index (χ0) is 13.9. The lowest BCUT2D eigenvalue weighted by Crippen LogP contribution is -2.11. The second-order valence-corrected chi connectivity index (χ2v) is 4.35. The molecule has 0 atom stereocenters. The minimum absolute atomic E-state index is 0.157. The Morgan fingerprint density at radius 3 is 2.15 bits per heavy atom. The van der Waals surface area contributed by atoms with E-state index < -0.39 is 11.5 Å². The molecule has 3 aromatic rings. The van der Waals surface area contributed by atoms with Crippen LogP contribution < -0.4 is 5.69 Å². The van der Waals surface area contributed by atoms with Gasteiger partial charge in [0.2, 0.25) is 0 Å². The van der Waals surface area contributed by atoms with Crippen molar-refractivity contribution in [2.75, 3.05) is 0 Å². The minimum Gasteiger partial charge on any atom is -0.303 e. The van der Waals surface area contributed by atoms with Gasteiger partial charge in [-0.1, -0.05) is 54.6 Å². The summed E-state index contributed by atoms with van der Waals surface area (Å²) in [6, 6.07) is 17.2. The summed E-state index contributed by atoms with van der Waals surface area (Å²) in [5.41, 5.74) is 2.33. The first-order valence-corrected chi connectivity index (χ1v) is 6.15. The van der Waals surface area contributed by atoms with Crippen LogP contribution in [0.1, 0.15) is 0 Å². The van der Waals surface area contributed by atoms with Gasteiger partial charge in [0.25, 0.3) is 0 Å². The van der Waals surface area contributed by atoms with E-state index in [0.29, 0.717) is 5.56 Å². The van der Waals surface area contributed by atoms with Gasteiger partial charge in [0.15, 0.2) is 5.82 Å². The molecule has 3 rings (SSSR count). The number of nitrogens with zero attached hydrogens (tertiary/aromatic N) is 1. The van der Waals surface area contributed by atoms with Gasteiger partial charge in [-0.25, -0.2) is 9.18 Å². The Morgan fingerprint density at radius 2 is 1.45 bits per heavy atom. The fourth-order valence-electron chi connectivity index (χ4n) is 2.05. The lowest BCUT2D eigenvalue weighted by Gasteiger charge is -2.05. The number of aromatic amines is 1. The summed E-state index contributed by atoms with van der Waals surface area (Å²) in [7, 11) is 0. The van der Waals surface area contributed by atoms with Gasteiger partial charge in [-0.2, -0.15) is 4.98 Å². The summed E-state index contributed by atoms with van der Waals surface area (Å²) in [5.74, 6) is -0.544. The lowest BCUT2D eigenvalue weighted by molar-refractivity contribution is 0.615. The maximum absolute atomic E-state index is 13.6. The second kappa shape index (κ2) is 5.09. The van der Waals surface area contributed by atoms with Crippen molar-refractivity contribution >= 4 is 0 Å². The Labute approximate surface area is 114 Å². The van der Waals surface area contributed by atoms with E-state index in [1.807, 2.05) is 42.5 Å². The number of halogens is 1. The van der Waals surface area contributed by atoms with Gasteiger partial charge in [-0.05, 0) is 11.1 Å². The maximum atomic E-state index is 13.6. The third kappa shape index (κ3) is 2.36. The van der Waals surface area contributed by atoms with Crippen molar-refractivity contribution in [1.29, 1.82) is 0 Å². The predicted octanol–water partition coefficient (Wildman–Crippen LogP) is 3.24. The van der Waals surface area contributed by atoms with Crippen molar-refractivity contribution < 1.29 is 4.39 Å². The van der Waals surface area contributed by atoms with Crippen LogP contribution in [0.5, 0.6) is 0 Å². The molecule has 0 unspecified atom stereocenters. The van der Waals surface area contributed by atoms with Crippen LogP contribution in [0.2, 0.25) is 0 Å². The van der Waals surface area contributed by atoms with Crippen LogP contribution in [0.15, 0.2) is 65.6 Å². The molecule has 98 valence electrons. The number of hydrogen-bond donors (Lipinski definition) is 1. The molecule has 0 bridgehead atoms. The second-order valence-electron chi connectivity index (χ2n) is 4.35. The van der Waals surface area contributed by atoms with Gasteiger partial charge < -0.3 is 4.98 Å².